The summed E-state index contributed by atoms with van der Waals surface area (Å²) in [5.74, 6) is -0.173. The molecule has 0 saturated carbocycles. The highest BCUT2D eigenvalue weighted by atomic mass is 32.2. The van der Waals surface area contributed by atoms with Crippen molar-refractivity contribution in [2.24, 2.45) is 5.73 Å². The molecule has 0 radical (unpaired) electrons. The number of thioether (sulfide) groups is 1. The lowest BCUT2D eigenvalue weighted by atomic mass is 10.0. The normalized spacial score (nSPS) is 12.2. The van der Waals surface area contributed by atoms with Crippen molar-refractivity contribution in [2.45, 2.75) is 17.4 Å². The van der Waals surface area contributed by atoms with Gasteiger partial charge in [-0.1, -0.05) is 12.1 Å². The van der Waals surface area contributed by atoms with Crippen LogP contribution < -0.4 is 10.5 Å². The maximum Gasteiger partial charge on any atom is 0.305 e. The number of carboxylic acid groups (broad SMARTS) is 1. The van der Waals surface area contributed by atoms with Crippen LogP contribution in [0.1, 0.15) is 18.0 Å². The summed E-state index contributed by atoms with van der Waals surface area (Å²) in [6, 6.07) is 4.98. The number of carbonyl (C=O) groups is 1. The molecule has 88 valence electrons. The zero-order valence-corrected chi connectivity index (χ0v) is 10.1. The first-order valence-electron chi connectivity index (χ1n) is 4.78. The van der Waals surface area contributed by atoms with E-state index in [9.17, 15) is 4.79 Å². The number of hydrogen-bond donors (Lipinski definition) is 2. The van der Waals surface area contributed by atoms with Crippen LogP contribution in [0.5, 0.6) is 5.75 Å². The molecule has 1 aromatic carbocycles. The molecule has 1 rings (SSSR count). The van der Waals surface area contributed by atoms with Gasteiger partial charge < -0.3 is 15.6 Å². The molecule has 0 bridgehead atoms. The second kappa shape index (κ2) is 5.77. The molecular formula is C11H15NO3S. The quantitative estimate of drug-likeness (QED) is 0.770. The number of benzene rings is 1. The Morgan fingerprint density at radius 1 is 1.62 bits per heavy atom. The molecule has 0 aromatic heterocycles. The average Bonchev–Trinajstić information content (AvgIpc) is 2.26. The fraction of sp³-hybridized carbons (Fsp3) is 0.364. The lowest BCUT2D eigenvalue weighted by Gasteiger charge is -2.16. The van der Waals surface area contributed by atoms with Crippen molar-refractivity contribution < 1.29 is 14.6 Å². The SMILES string of the molecule is COc1cccc(C(N)CC(=O)O)c1SC. The third kappa shape index (κ3) is 2.90. The molecule has 0 aliphatic heterocycles. The first-order chi connectivity index (χ1) is 7.60. The second-order valence-electron chi connectivity index (χ2n) is 3.29. The van der Waals surface area contributed by atoms with Crippen LogP contribution in [-0.2, 0) is 4.79 Å². The van der Waals surface area contributed by atoms with Gasteiger partial charge in [0.15, 0.2) is 0 Å². The molecule has 0 aliphatic rings. The van der Waals surface area contributed by atoms with Crippen LogP contribution >= 0.6 is 11.8 Å². The molecule has 0 saturated heterocycles. The molecule has 0 fully saturated rings. The van der Waals surface area contributed by atoms with Crippen LogP contribution in [0.4, 0.5) is 0 Å². The number of rotatable bonds is 5. The van der Waals surface area contributed by atoms with Gasteiger partial charge in [0.05, 0.1) is 18.4 Å². The van der Waals surface area contributed by atoms with Gasteiger partial charge in [-0.15, -0.1) is 11.8 Å². The molecule has 0 amide bonds. The molecule has 0 heterocycles. The number of hydrogen-bond acceptors (Lipinski definition) is 4. The maximum atomic E-state index is 10.6. The van der Waals surface area contributed by atoms with Crippen molar-refractivity contribution in [3.8, 4) is 5.75 Å². The van der Waals surface area contributed by atoms with E-state index < -0.39 is 12.0 Å². The van der Waals surface area contributed by atoms with Gasteiger partial charge in [-0.05, 0) is 17.9 Å². The van der Waals surface area contributed by atoms with Gasteiger partial charge in [0.25, 0.3) is 0 Å². The van der Waals surface area contributed by atoms with E-state index in [2.05, 4.69) is 0 Å². The molecule has 5 heteroatoms. The van der Waals surface area contributed by atoms with E-state index in [4.69, 9.17) is 15.6 Å². The molecule has 1 unspecified atom stereocenters. The Morgan fingerprint density at radius 2 is 2.31 bits per heavy atom. The van der Waals surface area contributed by atoms with Crippen molar-refractivity contribution in [2.75, 3.05) is 13.4 Å². The summed E-state index contributed by atoms with van der Waals surface area (Å²) in [7, 11) is 1.58. The Kier molecular flexibility index (Phi) is 4.64. The Labute approximate surface area is 98.8 Å². The number of nitrogens with two attached hydrogens (primary N) is 1. The van der Waals surface area contributed by atoms with Crippen molar-refractivity contribution in [3.05, 3.63) is 23.8 Å². The van der Waals surface area contributed by atoms with Crippen LogP contribution in [0.25, 0.3) is 0 Å². The fourth-order valence-electron chi connectivity index (χ4n) is 1.50. The van der Waals surface area contributed by atoms with Crippen LogP contribution in [-0.4, -0.2) is 24.4 Å². The van der Waals surface area contributed by atoms with E-state index in [1.54, 1.807) is 7.11 Å². The van der Waals surface area contributed by atoms with Gasteiger partial charge in [0.1, 0.15) is 5.75 Å². The number of methoxy groups -OCH3 is 1. The first-order valence-corrected chi connectivity index (χ1v) is 6.01. The average molecular weight is 241 g/mol. The topological polar surface area (TPSA) is 72.5 Å². The summed E-state index contributed by atoms with van der Waals surface area (Å²) in [4.78, 5) is 11.5. The second-order valence-corrected chi connectivity index (χ2v) is 4.10. The summed E-state index contributed by atoms with van der Waals surface area (Å²) in [5, 5.41) is 8.72. The predicted octanol–water partition coefficient (Wildman–Crippen LogP) is 1.89. The van der Waals surface area contributed by atoms with Crippen LogP contribution in [0.15, 0.2) is 23.1 Å². The maximum absolute atomic E-state index is 10.6. The molecular weight excluding hydrogens is 226 g/mol. The van der Waals surface area contributed by atoms with Gasteiger partial charge in [0.2, 0.25) is 0 Å². The molecule has 0 aliphatic carbocycles. The smallest absolute Gasteiger partial charge is 0.305 e. The van der Waals surface area contributed by atoms with Gasteiger partial charge >= 0.3 is 5.97 Å². The fourth-order valence-corrected chi connectivity index (χ4v) is 2.31. The van der Waals surface area contributed by atoms with Crippen LogP contribution in [0.3, 0.4) is 0 Å². The van der Waals surface area contributed by atoms with Gasteiger partial charge in [0, 0.05) is 6.04 Å². The lowest BCUT2D eigenvalue weighted by molar-refractivity contribution is -0.137. The van der Waals surface area contributed by atoms with Crippen molar-refractivity contribution in [1.82, 2.24) is 0 Å². The summed E-state index contributed by atoms with van der Waals surface area (Å²) in [6.07, 6.45) is 1.83. The molecule has 1 aromatic rings. The van der Waals surface area contributed by atoms with E-state index in [0.29, 0.717) is 0 Å². The van der Waals surface area contributed by atoms with Crippen LogP contribution in [0, 0.1) is 0 Å². The Morgan fingerprint density at radius 3 is 2.81 bits per heavy atom. The minimum absolute atomic E-state index is 0.0826. The molecule has 1 atom stereocenters. The lowest BCUT2D eigenvalue weighted by Crippen LogP contribution is -2.16. The molecule has 3 N–H and O–H groups in total. The third-order valence-corrected chi connectivity index (χ3v) is 3.07. The highest BCUT2D eigenvalue weighted by molar-refractivity contribution is 7.98. The van der Waals surface area contributed by atoms with Gasteiger partial charge in [-0.25, -0.2) is 0 Å². The summed E-state index contributed by atoms with van der Waals surface area (Å²) in [6.45, 7) is 0. The number of carboxylic acids is 1. The number of aliphatic carboxylic acids is 1. The van der Waals surface area contributed by atoms with Gasteiger partial charge in [-0.3, -0.25) is 4.79 Å². The van der Waals surface area contributed by atoms with E-state index in [1.807, 2.05) is 24.5 Å². The first kappa shape index (κ1) is 12.9. The minimum Gasteiger partial charge on any atom is -0.496 e. The standard InChI is InChI=1S/C11H15NO3S/c1-15-9-5-3-4-7(11(9)16-2)8(12)6-10(13)14/h3-5,8H,6,12H2,1-2H3,(H,13,14). The molecule has 4 nitrogen and oxygen atoms in total. The largest absolute Gasteiger partial charge is 0.496 e. The Bertz CT molecular complexity index is 381. The molecule has 0 spiro atoms. The van der Waals surface area contributed by atoms with Gasteiger partial charge in [-0.2, -0.15) is 0 Å². The summed E-state index contributed by atoms with van der Waals surface area (Å²) >= 11 is 1.50. The minimum atomic E-state index is -0.901. The Hall–Kier alpha value is -1.20. The van der Waals surface area contributed by atoms with Crippen LogP contribution in [0.2, 0.25) is 0 Å². The number of ether oxygens (including phenoxy) is 1. The summed E-state index contributed by atoms with van der Waals surface area (Å²) in [5.41, 5.74) is 6.66. The third-order valence-electron chi connectivity index (χ3n) is 2.23. The summed E-state index contributed by atoms with van der Waals surface area (Å²) < 4.78 is 5.21. The Balaban J connectivity index is 3.07. The zero-order chi connectivity index (χ0) is 12.1. The highest BCUT2D eigenvalue weighted by Crippen LogP contribution is 2.34. The zero-order valence-electron chi connectivity index (χ0n) is 9.27. The van der Waals surface area contributed by atoms with E-state index in [1.165, 1.54) is 11.8 Å². The van der Waals surface area contributed by atoms with Crippen molar-refractivity contribution >= 4 is 17.7 Å². The monoisotopic (exact) mass is 241 g/mol. The van der Waals surface area contributed by atoms with E-state index >= 15 is 0 Å². The molecule has 16 heavy (non-hydrogen) atoms. The van der Waals surface area contributed by atoms with Crippen molar-refractivity contribution in [1.29, 1.82) is 0 Å². The predicted molar refractivity (Wildman–Crippen MR) is 64.0 cm³/mol. The highest BCUT2D eigenvalue weighted by Gasteiger charge is 2.16. The van der Waals surface area contributed by atoms with E-state index in [0.717, 1.165) is 16.2 Å². The van der Waals surface area contributed by atoms with Crippen molar-refractivity contribution in [3.63, 3.8) is 0 Å². The van der Waals surface area contributed by atoms with E-state index in [-0.39, 0.29) is 6.42 Å².